The zero-order valence-electron chi connectivity index (χ0n) is 10.8. The molecule has 100 valence electrons. The van der Waals surface area contributed by atoms with Crippen LogP contribution in [0.15, 0.2) is 16.8 Å². The maximum atomic E-state index is 12.2. The van der Waals surface area contributed by atoms with E-state index in [1.807, 2.05) is 23.8 Å². The van der Waals surface area contributed by atoms with Crippen LogP contribution in [0.5, 0.6) is 0 Å². The van der Waals surface area contributed by atoms with Crippen LogP contribution in [0.3, 0.4) is 0 Å². The smallest absolute Gasteiger partial charge is 0.226 e. The molecule has 1 heterocycles. The van der Waals surface area contributed by atoms with Gasteiger partial charge >= 0.3 is 0 Å². The van der Waals surface area contributed by atoms with Crippen LogP contribution in [-0.2, 0) is 4.79 Å². The first-order valence-electron chi connectivity index (χ1n) is 6.60. The molecular formula is C14H21NO2S. The minimum absolute atomic E-state index is 0.0940. The quantitative estimate of drug-likeness (QED) is 0.881. The van der Waals surface area contributed by atoms with E-state index in [0.717, 1.165) is 31.2 Å². The van der Waals surface area contributed by atoms with E-state index in [4.69, 9.17) is 0 Å². The Labute approximate surface area is 112 Å². The van der Waals surface area contributed by atoms with Crippen molar-refractivity contribution in [1.82, 2.24) is 5.32 Å². The van der Waals surface area contributed by atoms with Crippen LogP contribution < -0.4 is 5.32 Å². The number of aliphatic hydroxyl groups is 1. The second-order valence-corrected chi connectivity index (χ2v) is 6.18. The fourth-order valence-electron chi connectivity index (χ4n) is 2.54. The Morgan fingerprint density at radius 3 is 2.83 bits per heavy atom. The Hall–Kier alpha value is -0.870. The summed E-state index contributed by atoms with van der Waals surface area (Å²) in [6.45, 7) is 2.35. The van der Waals surface area contributed by atoms with Gasteiger partial charge < -0.3 is 10.4 Å². The molecule has 4 heteroatoms. The predicted octanol–water partition coefficient (Wildman–Crippen LogP) is 2.87. The Morgan fingerprint density at radius 1 is 1.50 bits per heavy atom. The lowest BCUT2D eigenvalue weighted by atomic mass is 9.75. The lowest BCUT2D eigenvalue weighted by molar-refractivity contribution is -0.132. The van der Waals surface area contributed by atoms with E-state index in [0.29, 0.717) is 6.54 Å². The summed E-state index contributed by atoms with van der Waals surface area (Å²) in [7, 11) is 0. The molecule has 1 unspecified atom stereocenters. The Balaban J connectivity index is 1.84. The molecule has 0 aliphatic heterocycles. The molecule has 1 atom stereocenters. The molecule has 1 aromatic rings. The van der Waals surface area contributed by atoms with Gasteiger partial charge in [-0.1, -0.05) is 26.2 Å². The zero-order chi connectivity index (χ0) is 13.0. The van der Waals surface area contributed by atoms with Gasteiger partial charge in [0.05, 0.1) is 6.10 Å². The van der Waals surface area contributed by atoms with E-state index in [1.165, 1.54) is 6.42 Å². The van der Waals surface area contributed by atoms with Gasteiger partial charge in [-0.15, -0.1) is 0 Å². The molecule has 1 aromatic heterocycles. The number of carbonyl (C=O) groups excluding carboxylic acids is 1. The molecule has 0 saturated heterocycles. The normalized spacial score (nSPS) is 20.3. The van der Waals surface area contributed by atoms with Crippen LogP contribution in [0.2, 0.25) is 0 Å². The Morgan fingerprint density at radius 2 is 2.22 bits per heavy atom. The van der Waals surface area contributed by atoms with Gasteiger partial charge in [-0.2, -0.15) is 11.3 Å². The number of hydrogen-bond acceptors (Lipinski definition) is 3. The average molecular weight is 267 g/mol. The molecule has 3 nitrogen and oxygen atoms in total. The highest BCUT2D eigenvalue weighted by Gasteiger charge is 2.34. The monoisotopic (exact) mass is 267 g/mol. The largest absolute Gasteiger partial charge is 0.387 e. The van der Waals surface area contributed by atoms with Crippen LogP contribution in [0.4, 0.5) is 0 Å². The number of amides is 1. The number of rotatable bonds is 4. The lowest BCUT2D eigenvalue weighted by Crippen LogP contribution is -2.41. The van der Waals surface area contributed by atoms with E-state index < -0.39 is 6.10 Å². The lowest BCUT2D eigenvalue weighted by Gasteiger charge is -2.32. The van der Waals surface area contributed by atoms with Gasteiger partial charge in [0.25, 0.3) is 0 Å². The van der Waals surface area contributed by atoms with Crippen molar-refractivity contribution >= 4 is 17.2 Å². The van der Waals surface area contributed by atoms with Gasteiger partial charge in [0, 0.05) is 12.0 Å². The molecule has 18 heavy (non-hydrogen) atoms. The van der Waals surface area contributed by atoms with Crippen molar-refractivity contribution in [3.05, 3.63) is 22.4 Å². The van der Waals surface area contributed by atoms with Crippen molar-refractivity contribution in [2.24, 2.45) is 5.41 Å². The number of aliphatic hydroxyl groups excluding tert-OH is 1. The minimum atomic E-state index is -0.590. The SMILES string of the molecule is CC1(C(=O)NCC(O)c2ccsc2)CCCCC1. The summed E-state index contributed by atoms with van der Waals surface area (Å²) in [5.41, 5.74) is 0.654. The van der Waals surface area contributed by atoms with Crippen molar-refractivity contribution in [3.63, 3.8) is 0 Å². The summed E-state index contributed by atoms with van der Waals surface area (Å²) in [6, 6.07) is 1.89. The maximum Gasteiger partial charge on any atom is 0.226 e. The van der Waals surface area contributed by atoms with Gasteiger partial charge in [0.2, 0.25) is 5.91 Å². The second kappa shape index (κ2) is 5.85. The average Bonchev–Trinajstić information content (AvgIpc) is 2.90. The fourth-order valence-corrected chi connectivity index (χ4v) is 3.25. The molecule has 1 amide bonds. The van der Waals surface area contributed by atoms with Crippen molar-refractivity contribution in [2.75, 3.05) is 6.54 Å². The summed E-state index contributed by atoms with van der Waals surface area (Å²) in [6.07, 6.45) is 4.85. The highest BCUT2D eigenvalue weighted by Crippen LogP contribution is 2.35. The summed E-state index contributed by atoms with van der Waals surface area (Å²) >= 11 is 1.56. The number of carbonyl (C=O) groups is 1. The molecule has 0 radical (unpaired) electrons. The maximum absolute atomic E-state index is 12.2. The summed E-state index contributed by atoms with van der Waals surface area (Å²) < 4.78 is 0. The highest BCUT2D eigenvalue weighted by molar-refractivity contribution is 7.07. The van der Waals surface area contributed by atoms with Gasteiger partial charge in [0.15, 0.2) is 0 Å². The first kappa shape index (κ1) is 13.6. The number of nitrogens with one attached hydrogen (secondary N) is 1. The van der Waals surface area contributed by atoms with Gasteiger partial charge in [-0.3, -0.25) is 4.79 Å². The van der Waals surface area contributed by atoms with Crippen LogP contribution in [-0.4, -0.2) is 17.6 Å². The molecule has 1 aliphatic rings. The van der Waals surface area contributed by atoms with Gasteiger partial charge in [-0.05, 0) is 35.2 Å². The standard InChI is InChI=1S/C14H21NO2S/c1-14(6-3-2-4-7-14)13(17)15-9-12(16)11-5-8-18-10-11/h5,8,10,12,16H,2-4,6-7,9H2,1H3,(H,15,17). The molecule has 2 N–H and O–H groups in total. The van der Waals surface area contributed by atoms with Crippen LogP contribution in [0.25, 0.3) is 0 Å². The summed E-state index contributed by atoms with van der Waals surface area (Å²) in [5, 5.41) is 16.7. The first-order valence-corrected chi connectivity index (χ1v) is 7.54. The topological polar surface area (TPSA) is 49.3 Å². The van der Waals surface area contributed by atoms with Gasteiger partial charge in [-0.25, -0.2) is 0 Å². The molecular weight excluding hydrogens is 246 g/mol. The molecule has 0 spiro atoms. The summed E-state index contributed by atoms with van der Waals surface area (Å²) in [5.74, 6) is 0.0940. The Bertz CT molecular complexity index is 383. The van der Waals surface area contributed by atoms with Crippen molar-refractivity contribution < 1.29 is 9.90 Å². The summed E-state index contributed by atoms with van der Waals surface area (Å²) in [4.78, 5) is 12.2. The highest BCUT2D eigenvalue weighted by atomic mass is 32.1. The number of hydrogen-bond donors (Lipinski definition) is 2. The van der Waals surface area contributed by atoms with E-state index in [1.54, 1.807) is 11.3 Å². The zero-order valence-corrected chi connectivity index (χ0v) is 11.6. The first-order chi connectivity index (χ1) is 8.62. The second-order valence-electron chi connectivity index (χ2n) is 5.40. The molecule has 2 rings (SSSR count). The Kier molecular flexibility index (Phi) is 4.40. The molecule has 0 bridgehead atoms. The van der Waals surface area contributed by atoms with Crippen molar-refractivity contribution in [2.45, 2.75) is 45.1 Å². The van der Waals surface area contributed by atoms with Crippen LogP contribution in [0, 0.1) is 5.41 Å². The van der Waals surface area contributed by atoms with E-state index in [2.05, 4.69) is 5.32 Å². The van der Waals surface area contributed by atoms with E-state index in [-0.39, 0.29) is 11.3 Å². The minimum Gasteiger partial charge on any atom is -0.387 e. The molecule has 0 aromatic carbocycles. The fraction of sp³-hybridized carbons (Fsp3) is 0.643. The van der Waals surface area contributed by atoms with E-state index in [9.17, 15) is 9.90 Å². The van der Waals surface area contributed by atoms with Crippen molar-refractivity contribution in [1.29, 1.82) is 0 Å². The molecule has 1 fully saturated rings. The number of thiophene rings is 1. The third-order valence-electron chi connectivity index (χ3n) is 3.89. The predicted molar refractivity (Wildman–Crippen MR) is 73.5 cm³/mol. The van der Waals surface area contributed by atoms with Crippen LogP contribution >= 0.6 is 11.3 Å². The van der Waals surface area contributed by atoms with Crippen LogP contribution in [0.1, 0.15) is 50.7 Å². The molecule has 1 aliphatic carbocycles. The van der Waals surface area contributed by atoms with Gasteiger partial charge in [0.1, 0.15) is 0 Å². The van der Waals surface area contributed by atoms with Crippen molar-refractivity contribution in [3.8, 4) is 0 Å². The third-order valence-corrected chi connectivity index (χ3v) is 4.59. The third kappa shape index (κ3) is 3.12. The van der Waals surface area contributed by atoms with E-state index >= 15 is 0 Å². The molecule has 1 saturated carbocycles.